The number of non-ortho nitro benzene ring substituents is 1. The molecule has 0 spiro atoms. The molecular formula is C26H32FN3O5. The third-order valence-corrected chi connectivity index (χ3v) is 5.92. The standard InChI is InChI=1S/C26H32FN3O5/c1-26(2,3)35-25(32)28-22(16-18-4-10-23(11-5-18)30(33)34)17-29-14-12-20(13-15-29)24(31)19-6-8-21(27)9-7-19/h4-11,20,22H,12-17H2,1-3H3,(H,28,32)/t22-/m1/s1. The Balaban J connectivity index is 1.62. The van der Waals surface area contributed by atoms with E-state index in [1.807, 2.05) is 0 Å². The molecule has 9 heteroatoms. The van der Waals surface area contributed by atoms with Gasteiger partial charge < -0.3 is 15.0 Å². The quantitative estimate of drug-likeness (QED) is 0.328. The summed E-state index contributed by atoms with van der Waals surface area (Å²) < 4.78 is 18.6. The second-order valence-electron chi connectivity index (χ2n) is 9.92. The Kier molecular flexibility index (Phi) is 8.56. The van der Waals surface area contributed by atoms with Gasteiger partial charge in [0.1, 0.15) is 11.4 Å². The lowest BCUT2D eigenvalue weighted by molar-refractivity contribution is -0.384. The Labute approximate surface area is 204 Å². The molecule has 1 saturated heterocycles. The average Bonchev–Trinajstić information content (AvgIpc) is 2.78. The number of amides is 1. The topological polar surface area (TPSA) is 102 Å². The fraction of sp³-hybridized carbons (Fsp3) is 0.462. The number of carbonyl (C=O) groups excluding carboxylic acids is 2. The molecule has 1 amide bonds. The third kappa shape index (κ3) is 8.13. The summed E-state index contributed by atoms with van der Waals surface area (Å²) in [6.45, 7) is 7.30. The highest BCUT2D eigenvalue weighted by atomic mass is 19.1. The Morgan fingerprint density at radius 2 is 1.71 bits per heavy atom. The molecule has 2 aromatic rings. The molecule has 1 atom stereocenters. The maximum atomic E-state index is 13.2. The second kappa shape index (κ2) is 11.4. The van der Waals surface area contributed by atoms with Gasteiger partial charge in [0.25, 0.3) is 5.69 Å². The number of benzene rings is 2. The fourth-order valence-electron chi connectivity index (χ4n) is 4.21. The molecule has 8 nitrogen and oxygen atoms in total. The maximum Gasteiger partial charge on any atom is 0.407 e. The van der Waals surface area contributed by atoms with E-state index >= 15 is 0 Å². The first-order valence-electron chi connectivity index (χ1n) is 11.7. The van der Waals surface area contributed by atoms with Gasteiger partial charge in [-0.2, -0.15) is 0 Å². The zero-order chi connectivity index (χ0) is 25.6. The third-order valence-electron chi connectivity index (χ3n) is 5.92. The molecule has 35 heavy (non-hydrogen) atoms. The number of likely N-dealkylation sites (tertiary alicyclic amines) is 1. The summed E-state index contributed by atoms with van der Waals surface area (Å²) in [6.07, 6.45) is 1.30. The SMILES string of the molecule is CC(C)(C)OC(=O)N[C@H](Cc1ccc([N+](=O)[O-])cc1)CN1CCC(C(=O)c2ccc(F)cc2)CC1. The number of nitrogens with zero attached hydrogens (tertiary/aromatic N) is 2. The number of Topliss-reactive ketones (excluding diaryl/α,β-unsaturated/α-hetero) is 1. The Morgan fingerprint density at radius 1 is 1.11 bits per heavy atom. The summed E-state index contributed by atoms with van der Waals surface area (Å²) in [5.41, 5.74) is 0.755. The number of nitro benzene ring substituents is 1. The zero-order valence-corrected chi connectivity index (χ0v) is 20.3. The summed E-state index contributed by atoms with van der Waals surface area (Å²) in [6, 6.07) is 11.6. The van der Waals surface area contributed by atoms with Gasteiger partial charge in [0, 0.05) is 36.2 Å². The smallest absolute Gasteiger partial charge is 0.407 e. The highest BCUT2D eigenvalue weighted by Gasteiger charge is 2.28. The highest BCUT2D eigenvalue weighted by molar-refractivity contribution is 5.97. The molecule has 1 N–H and O–H groups in total. The summed E-state index contributed by atoms with van der Waals surface area (Å²) >= 11 is 0. The summed E-state index contributed by atoms with van der Waals surface area (Å²) in [7, 11) is 0. The van der Waals surface area contributed by atoms with Crippen molar-refractivity contribution < 1.29 is 23.6 Å². The lowest BCUT2D eigenvalue weighted by Gasteiger charge is -2.34. The maximum absolute atomic E-state index is 13.2. The zero-order valence-electron chi connectivity index (χ0n) is 20.3. The van der Waals surface area contributed by atoms with Crippen LogP contribution in [-0.2, 0) is 11.2 Å². The van der Waals surface area contributed by atoms with Gasteiger partial charge >= 0.3 is 6.09 Å². The van der Waals surface area contributed by atoms with Gasteiger partial charge in [0.15, 0.2) is 5.78 Å². The van der Waals surface area contributed by atoms with Crippen molar-refractivity contribution in [3.8, 4) is 0 Å². The number of ether oxygens (including phenoxy) is 1. The normalized spacial score (nSPS) is 15.9. The minimum absolute atomic E-state index is 0.0123. The largest absolute Gasteiger partial charge is 0.444 e. The van der Waals surface area contributed by atoms with Crippen LogP contribution >= 0.6 is 0 Å². The first kappa shape index (κ1) is 26.3. The van der Waals surface area contributed by atoms with Gasteiger partial charge in [-0.05, 0) is 83.0 Å². The molecule has 0 radical (unpaired) electrons. The first-order valence-corrected chi connectivity index (χ1v) is 11.7. The molecule has 0 aliphatic carbocycles. The van der Waals surface area contributed by atoms with Gasteiger partial charge in [0.05, 0.1) is 4.92 Å². The molecule has 0 unspecified atom stereocenters. The van der Waals surface area contributed by atoms with Crippen molar-refractivity contribution in [2.24, 2.45) is 5.92 Å². The van der Waals surface area contributed by atoms with Crippen LogP contribution in [0.25, 0.3) is 0 Å². The van der Waals surface area contributed by atoms with Crippen LogP contribution in [0.15, 0.2) is 48.5 Å². The molecule has 3 rings (SSSR count). The van der Waals surface area contributed by atoms with Crippen LogP contribution in [0.1, 0.15) is 49.5 Å². The molecular weight excluding hydrogens is 453 g/mol. The van der Waals surface area contributed by atoms with E-state index in [0.717, 1.165) is 5.56 Å². The van der Waals surface area contributed by atoms with E-state index < -0.39 is 16.6 Å². The predicted molar refractivity (Wildman–Crippen MR) is 130 cm³/mol. The number of piperidine rings is 1. The minimum atomic E-state index is -0.638. The van der Waals surface area contributed by atoms with E-state index in [1.165, 1.54) is 36.4 Å². The van der Waals surface area contributed by atoms with E-state index in [9.17, 15) is 24.1 Å². The van der Waals surface area contributed by atoms with Crippen LogP contribution in [0.5, 0.6) is 0 Å². The molecule has 0 bridgehead atoms. The number of halogens is 1. The monoisotopic (exact) mass is 485 g/mol. The van der Waals surface area contributed by atoms with Crippen molar-refractivity contribution in [1.29, 1.82) is 0 Å². The number of hydrogen-bond acceptors (Lipinski definition) is 6. The Morgan fingerprint density at radius 3 is 2.26 bits per heavy atom. The van der Waals surface area contributed by atoms with Crippen molar-refractivity contribution in [1.82, 2.24) is 10.2 Å². The van der Waals surface area contributed by atoms with Crippen molar-refractivity contribution >= 4 is 17.6 Å². The van der Waals surface area contributed by atoms with E-state index in [4.69, 9.17) is 4.74 Å². The van der Waals surface area contributed by atoms with Crippen molar-refractivity contribution in [3.05, 3.63) is 75.6 Å². The number of alkyl carbamates (subject to hydrolysis) is 1. The van der Waals surface area contributed by atoms with Gasteiger partial charge in [-0.1, -0.05) is 12.1 Å². The molecule has 1 aliphatic heterocycles. The van der Waals surface area contributed by atoms with Gasteiger partial charge in [-0.3, -0.25) is 14.9 Å². The number of rotatable bonds is 8. The van der Waals surface area contributed by atoms with Crippen LogP contribution in [-0.4, -0.2) is 53.0 Å². The van der Waals surface area contributed by atoms with Crippen LogP contribution in [0, 0.1) is 21.8 Å². The molecule has 1 fully saturated rings. The minimum Gasteiger partial charge on any atom is -0.444 e. The molecule has 0 aromatic heterocycles. The molecule has 188 valence electrons. The molecule has 2 aromatic carbocycles. The molecule has 1 aliphatic rings. The lowest BCUT2D eigenvalue weighted by Crippen LogP contribution is -2.48. The molecule has 0 saturated carbocycles. The van der Waals surface area contributed by atoms with Crippen LogP contribution in [0.2, 0.25) is 0 Å². The highest BCUT2D eigenvalue weighted by Crippen LogP contribution is 2.23. The van der Waals surface area contributed by atoms with E-state index in [2.05, 4.69) is 10.2 Å². The lowest BCUT2D eigenvalue weighted by atomic mass is 9.88. The van der Waals surface area contributed by atoms with Crippen molar-refractivity contribution in [2.75, 3.05) is 19.6 Å². The number of nitrogens with one attached hydrogen (secondary N) is 1. The number of ketones is 1. The van der Waals surface area contributed by atoms with Crippen LogP contribution < -0.4 is 5.32 Å². The van der Waals surface area contributed by atoms with Crippen molar-refractivity contribution in [3.63, 3.8) is 0 Å². The number of nitro groups is 1. The van der Waals surface area contributed by atoms with Crippen LogP contribution in [0.4, 0.5) is 14.9 Å². The first-order chi connectivity index (χ1) is 16.5. The second-order valence-corrected chi connectivity index (χ2v) is 9.92. The number of carbonyl (C=O) groups is 2. The Bertz CT molecular complexity index is 1030. The van der Waals surface area contributed by atoms with E-state index in [-0.39, 0.29) is 29.2 Å². The van der Waals surface area contributed by atoms with E-state index in [1.54, 1.807) is 32.9 Å². The molecule has 1 heterocycles. The van der Waals surface area contributed by atoms with Gasteiger partial charge in [-0.25, -0.2) is 9.18 Å². The van der Waals surface area contributed by atoms with Crippen LogP contribution in [0.3, 0.4) is 0 Å². The van der Waals surface area contributed by atoms with Gasteiger partial charge in [-0.15, -0.1) is 0 Å². The summed E-state index contributed by atoms with van der Waals surface area (Å²) in [4.78, 5) is 37.9. The fourth-order valence-corrected chi connectivity index (χ4v) is 4.21. The van der Waals surface area contributed by atoms with Gasteiger partial charge in [0.2, 0.25) is 0 Å². The Hall–Kier alpha value is -3.33. The summed E-state index contributed by atoms with van der Waals surface area (Å²) in [5.74, 6) is -0.462. The predicted octanol–water partition coefficient (Wildman–Crippen LogP) is 4.76. The van der Waals surface area contributed by atoms with E-state index in [0.29, 0.717) is 44.5 Å². The number of hydrogen-bond donors (Lipinski definition) is 1. The average molecular weight is 486 g/mol. The summed E-state index contributed by atoms with van der Waals surface area (Å²) in [5, 5.41) is 13.9. The van der Waals surface area contributed by atoms with Crippen molar-refractivity contribution in [2.45, 2.75) is 51.7 Å².